The van der Waals surface area contributed by atoms with Gasteiger partial charge in [0, 0.05) is 25.2 Å². The van der Waals surface area contributed by atoms with Gasteiger partial charge in [-0.15, -0.1) is 0 Å². The topological polar surface area (TPSA) is 37.3 Å². The lowest BCUT2D eigenvalue weighted by Crippen LogP contribution is -2.46. The lowest BCUT2D eigenvalue weighted by atomic mass is 9.98. The summed E-state index contributed by atoms with van der Waals surface area (Å²) in [5, 5.41) is 0. The molecule has 3 nitrogen and oxygen atoms in total. The monoisotopic (exact) mass is 416 g/mol. The maximum Gasteiger partial charge on any atom is 0.200 e. The van der Waals surface area contributed by atoms with Crippen LogP contribution in [0.15, 0.2) is 0 Å². The van der Waals surface area contributed by atoms with Gasteiger partial charge in [-0.05, 0) is 12.3 Å². The Bertz CT molecular complexity index is 415. The van der Waals surface area contributed by atoms with Crippen molar-refractivity contribution in [3.63, 3.8) is 0 Å². The van der Waals surface area contributed by atoms with Crippen molar-refractivity contribution in [2.45, 2.75) is 110 Å². The molecular weight excluding hydrogens is 365 g/mol. The maximum atomic E-state index is 12.5. The molecule has 1 aliphatic rings. The van der Waals surface area contributed by atoms with E-state index < -0.39 is 7.37 Å². The summed E-state index contributed by atoms with van der Waals surface area (Å²) in [4.78, 5) is 10.3. The number of quaternary nitrogens is 1. The standard InChI is InChI=1S/C24H50NO2P/c1-4-5-6-7-8-9-10-11-12-13-14-15-16-17-22-28(26,27)23-24-18-20-25(2,3)21-19-24/h24H,4-23H2,1-3H3/p+1. The van der Waals surface area contributed by atoms with E-state index >= 15 is 0 Å². The van der Waals surface area contributed by atoms with Gasteiger partial charge in [0.25, 0.3) is 0 Å². The molecule has 168 valence electrons. The van der Waals surface area contributed by atoms with E-state index in [0.29, 0.717) is 18.2 Å². The molecule has 1 heterocycles. The summed E-state index contributed by atoms with van der Waals surface area (Å²) in [6.07, 6.45) is 22.0. The average molecular weight is 417 g/mol. The Morgan fingerprint density at radius 3 is 1.57 bits per heavy atom. The zero-order valence-electron chi connectivity index (χ0n) is 19.5. The van der Waals surface area contributed by atoms with Gasteiger partial charge in [-0.1, -0.05) is 90.4 Å². The molecule has 4 heteroatoms. The summed E-state index contributed by atoms with van der Waals surface area (Å²) in [6.45, 7) is 4.59. The number of unbranched alkanes of at least 4 members (excludes halogenated alkanes) is 13. The van der Waals surface area contributed by atoms with Crippen molar-refractivity contribution in [1.82, 2.24) is 0 Å². The molecule has 0 radical (unpaired) electrons. The predicted molar refractivity (Wildman–Crippen MR) is 124 cm³/mol. The highest BCUT2D eigenvalue weighted by Crippen LogP contribution is 2.45. The summed E-state index contributed by atoms with van der Waals surface area (Å²) in [7, 11) is 1.64. The van der Waals surface area contributed by atoms with Crippen LogP contribution in [0, 0.1) is 5.92 Å². The van der Waals surface area contributed by atoms with Gasteiger partial charge in [-0.25, -0.2) is 0 Å². The Balaban J connectivity index is 1.89. The van der Waals surface area contributed by atoms with Gasteiger partial charge in [0.1, 0.15) is 0 Å². The van der Waals surface area contributed by atoms with Gasteiger partial charge in [-0.3, -0.25) is 4.57 Å². The third kappa shape index (κ3) is 14.2. The van der Waals surface area contributed by atoms with E-state index in [1.807, 2.05) is 0 Å². The molecule has 1 N–H and O–H groups in total. The first kappa shape index (κ1) is 26.2. The Morgan fingerprint density at radius 1 is 0.750 bits per heavy atom. The van der Waals surface area contributed by atoms with Gasteiger partial charge in [0.15, 0.2) is 0 Å². The average Bonchev–Trinajstić information content (AvgIpc) is 2.63. The number of hydrogen-bond donors (Lipinski definition) is 1. The molecule has 0 bridgehead atoms. The zero-order valence-corrected chi connectivity index (χ0v) is 20.4. The van der Waals surface area contributed by atoms with E-state index in [1.165, 1.54) is 77.0 Å². The van der Waals surface area contributed by atoms with E-state index in [4.69, 9.17) is 0 Å². The SMILES string of the molecule is CCCCCCCCCCCCCCCCP(=O)(O)CC1CC[N+](C)(C)CC1. The Morgan fingerprint density at radius 2 is 1.14 bits per heavy atom. The number of rotatable bonds is 17. The smallest absolute Gasteiger partial charge is 0.200 e. The fraction of sp³-hybridized carbons (Fsp3) is 1.00. The molecule has 1 fully saturated rings. The first-order valence-corrected chi connectivity index (χ1v) is 14.5. The van der Waals surface area contributed by atoms with Crippen molar-refractivity contribution in [3.8, 4) is 0 Å². The molecule has 0 saturated carbocycles. The van der Waals surface area contributed by atoms with Gasteiger partial charge >= 0.3 is 0 Å². The fourth-order valence-electron chi connectivity index (χ4n) is 4.55. The van der Waals surface area contributed by atoms with Gasteiger partial charge in [0.2, 0.25) is 7.37 Å². The van der Waals surface area contributed by atoms with E-state index in [9.17, 15) is 9.46 Å². The van der Waals surface area contributed by atoms with Crippen LogP contribution in [0.1, 0.15) is 110 Å². The van der Waals surface area contributed by atoms with Gasteiger partial charge in [0.05, 0.1) is 27.2 Å². The van der Waals surface area contributed by atoms with Crippen LogP contribution in [-0.4, -0.2) is 48.9 Å². The second-order valence-corrected chi connectivity index (χ2v) is 12.7. The fourth-order valence-corrected chi connectivity index (χ4v) is 6.62. The predicted octanol–water partition coefficient (Wildman–Crippen LogP) is 7.22. The zero-order chi connectivity index (χ0) is 20.7. The molecule has 0 spiro atoms. The largest absolute Gasteiger partial charge is 0.344 e. The molecule has 1 rings (SSSR count). The van der Waals surface area contributed by atoms with Gasteiger partial charge in [-0.2, -0.15) is 0 Å². The van der Waals surface area contributed by atoms with Crippen LogP contribution in [0.5, 0.6) is 0 Å². The summed E-state index contributed by atoms with van der Waals surface area (Å²) in [6, 6.07) is 0. The van der Waals surface area contributed by atoms with Crippen molar-refractivity contribution >= 4 is 7.37 Å². The summed E-state index contributed by atoms with van der Waals surface area (Å²) in [5.41, 5.74) is 0. The molecular formula is C24H51NO2P+. The Hall–Kier alpha value is 0.150. The minimum atomic E-state index is -2.89. The van der Waals surface area contributed by atoms with Crippen LogP contribution in [0.25, 0.3) is 0 Å². The third-order valence-electron chi connectivity index (χ3n) is 6.69. The lowest BCUT2D eigenvalue weighted by molar-refractivity contribution is -0.896. The summed E-state index contributed by atoms with van der Waals surface area (Å²) < 4.78 is 13.6. The molecule has 1 aliphatic heterocycles. The number of hydrogen-bond acceptors (Lipinski definition) is 1. The molecule has 1 atom stereocenters. The second-order valence-electron chi connectivity index (χ2n) is 10.2. The quantitative estimate of drug-likeness (QED) is 0.154. The molecule has 0 aliphatic carbocycles. The molecule has 0 aromatic rings. The van der Waals surface area contributed by atoms with Crippen LogP contribution in [-0.2, 0) is 4.57 Å². The molecule has 1 unspecified atom stereocenters. The van der Waals surface area contributed by atoms with Crippen LogP contribution in [0.3, 0.4) is 0 Å². The van der Waals surface area contributed by atoms with Gasteiger partial charge < -0.3 is 9.38 Å². The highest BCUT2D eigenvalue weighted by molar-refractivity contribution is 7.57. The lowest BCUT2D eigenvalue weighted by Gasteiger charge is -2.37. The second kappa shape index (κ2) is 15.0. The van der Waals surface area contributed by atoms with E-state index in [2.05, 4.69) is 21.0 Å². The molecule has 0 aromatic carbocycles. The summed E-state index contributed by atoms with van der Waals surface area (Å²) >= 11 is 0. The van der Waals surface area contributed by atoms with Crippen LogP contribution < -0.4 is 0 Å². The highest BCUT2D eigenvalue weighted by Gasteiger charge is 2.31. The van der Waals surface area contributed by atoms with Crippen LogP contribution in [0.4, 0.5) is 0 Å². The first-order valence-electron chi connectivity index (χ1n) is 12.5. The Kier molecular flexibility index (Phi) is 14.1. The van der Waals surface area contributed by atoms with Crippen LogP contribution in [0.2, 0.25) is 0 Å². The van der Waals surface area contributed by atoms with Crippen molar-refractivity contribution < 1.29 is 13.9 Å². The van der Waals surface area contributed by atoms with E-state index in [1.54, 1.807) is 0 Å². The number of likely N-dealkylation sites (tertiary alicyclic amines) is 1. The molecule has 0 aromatic heterocycles. The molecule has 28 heavy (non-hydrogen) atoms. The van der Waals surface area contributed by atoms with E-state index in [0.717, 1.165) is 43.3 Å². The van der Waals surface area contributed by atoms with Crippen LogP contribution >= 0.6 is 7.37 Å². The van der Waals surface area contributed by atoms with Crippen molar-refractivity contribution in [1.29, 1.82) is 0 Å². The first-order chi connectivity index (χ1) is 13.3. The van der Waals surface area contributed by atoms with E-state index in [-0.39, 0.29) is 0 Å². The third-order valence-corrected chi connectivity index (χ3v) is 8.79. The molecule has 1 saturated heterocycles. The van der Waals surface area contributed by atoms with Crippen molar-refractivity contribution in [2.24, 2.45) is 5.92 Å². The minimum Gasteiger partial charge on any atom is -0.344 e. The molecule has 0 amide bonds. The maximum absolute atomic E-state index is 12.5. The van der Waals surface area contributed by atoms with Crippen molar-refractivity contribution in [3.05, 3.63) is 0 Å². The number of nitrogens with zero attached hydrogens (tertiary/aromatic N) is 1. The number of piperidine rings is 1. The summed E-state index contributed by atoms with van der Waals surface area (Å²) in [5.74, 6) is 0.480. The normalized spacial score (nSPS) is 19.6. The van der Waals surface area contributed by atoms with Crippen molar-refractivity contribution in [2.75, 3.05) is 39.5 Å². The Labute approximate surface area is 176 Å². The highest BCUT2D eigenvalue weighted by atomic mass is 31.2. The minimum absolute atomic E-state index is 0.480.